The van der Waals surface area contributed by atoms with Crippen molar-refractivity contribution < 1.29 is 36.6 Å². The highest BCUT2D eigenvalue weighted by atomic mass is 32.1. The molecule has 0 radical (unpaired) electrons. The number of benzene rings is 2. The summed E-state index contributed by atoms with van der Waals surface area (Å²) in [4.78, 5) is 12.5. The predicted molar refractivity (Wildman–Crippen MR) is 93.8 cm³/mol. The highest BCUT2D eigenvalue weighted by molar-refractivity contribution is 7.12. The minimum absolute atomic E-state index is 0.110. The van der Waals surface area contributed by atoms with Crippen molar-refractivity contribution in [1.82, 2.24) is 9.59 Å². The van der Waals surface area contributed by atoms with E-state index in [2.05, 4.69) is 9.59 Å². The van der Waals surface area contributed by atoms with Crippen molar-refractivity contribution in [2.24, 2.45) is 0 Å². The molecule has 0 fully saturated rings. The Balaban J connectivity index is 2.02. The van der Waals surface area contributed by atoms with Crippen LogP contribution in [-0.4, -0.2) is 40.3 Å². The molecule has 0 bridgehead atoms. The summed E-state index contributed by atoms with van der Waals surface area (Å²) in [6, 6.07) is 3.25. The van der Waals surface area contributed by atoms with E-state index in [0.717, 1.165) is 17.6 Å². The Morgan fingerprint density at radius 1 is 1.21 bits per heavy atom. The summed E-state index contributed by atoms with van der Waals surface area (Å²) in [7, 11) is 0. The molecule has 3 rings (SSSR count). The lowest BCUT2D eigenvalue weighted by molar-refractivity contribution is -0.137. The van der Waals surface area contributed by atoms with Gasteiger partial charge in [-0.25, -0.2) is 8.78 Å². The molecule has 0 spiro atoms. The molecule has 0 amide bonds. The van der Waals surface area contributed by atoms with Gasteiger partial charge in [0.25, 0.3) is 0 Å². The molecule has 0 saturated carbocycles. The lowest BCUT2D eigenvalue weighted by Crippen LogP contribution is -2.15. The van der Waals surface area contributed by atoms with Crippen molar-refractivity contribution in [2.45, 2.75) is 12.6 Å². The third-order valence-electron chi connectivity index (χ3n) is 4.10. The first kappa shape index (κ1) is 21.2. The standard InChI is InChI=1S/C18H13F5N2O3S/c19-13-6-10(18(21,22)23)2-1-9(13)5-12-11(14(27)8-28-4-3-26)7-15-17(16(12)20)24-25-29-15/h1-2,6-7,26H,3-5,8H2. The van der Waals surface area contributed by atoms with E-state index in [1.54, 1.807) is 0 Å². The summed E-state index contributed by atoms with van der Waals surface area (Å²) in [6.45, 7) is -0.884. The number of aliphatic hydroxyl groups is 1. The third-order valence-corrected chi connectivity index (χ3v) is 4.77. The van der Waals surface area contributed by atoms with Gasteiger partial charge in [0.15, 0.2) is 11.6 Å². The van der Waals surface area contributed by atoms with Gasteiger partial charge in [-0.1, -0.05) is 10.6 Å². The predicted octanol–water partition coefficient (Wildman–Crippen LogP) is 3.77. The number of ether oxygens (including phenoxy) is 1. The summed E-state index contributed by atoms with van der Waals surface area (Å²) in [6.07, 6.45) is -5.19. The van der Waals surface area contributed by atoms with E-state index in [9.17, 15) is 26.7 Å². The van der Waals surface area contributed by atoms with Gasteiger partial charge in [-0.05, 0) is 35.3 Å². The number of hydrogen-bond acceptors (Lipinski definition) is 6. The molecule has 11 heteroatoms. The number of aliphatic hydroxyl groups excluding tert-OH is 1. The second-order valence-corrected chi connectivity index (χ2v) is 6.80. The number of carbonyl (C=O) groups excluding carboxylic acids is 1. The number of ketones is 1. The van der Waals surface area contributed by atoms with Crippen LogP contribution in [0, 0.1) is 11.6 Å². The molecule has 154 valence electrons. The number of Topliss-reactive ketones (excluding diaryl/α,β-unsaturated/α-hetero) is 1. The molecule has 5 nitrogen and oxygen atoms in total. The van der Waals surface area contributed by atoms with Crippen LogP contribution in [0.4, 0.5) is 22.0 Å². The maximum absolute atomic E-state index is 15.0. The summed E-state index contributed by atoms with van der Waals surface area (Å²) < 4.78 is 76.3. The molecule has 1 aromatic heterocycles. The van der Waals surface area contributed by atoms with Crippen molar-refractivity contribution in [1.29, 1.82) is 0 Å². The van der Waals surface area contributed by atoms with E-state index < -0.39 is 42.2 Å². The van der Waals surface area contributed by atoms with Crippen molar-refractivity contribution >= 4 is 27.5 Å². The van der Waals surface area contributed by atoms with Gasteiger partial charge in [0, 0.05) is 17.5 Å². The van der Waals surface area contributed by atoms with Crippen molar-refractivity contribution in [3.05, 3.63) is 58.2 Å². The lowest BCUT2D eigenvalue weighted by Gasteiger charge is -2.13. The summed E-state index contributed by atoms with van der Waals surface area (Å²) in [5.41, 5.74) is -1.85. The van der Waals surface area contributed by atoms with E-state index >= 15 is 0 Å². The van der Waals surface area contributed by atoms with Gasteiger partial charge in [-0.3, -0.25) is 4.79 Å². The highest BCUT2D eigenvalue weighted by Crippen LogP contribution is 2.32. The fourth-order valence-electron chi connectivity index (χ4n) is 2.71. The minimum atomic E-state index is -4.72. The fourth-order valence-corrected chi connectivity index (χ4v) is 3.31. The Kier molecular flexibility index (Phi) is 6.20. The Labute approximate surface area is 164 Å². The smallest absolute Gasteiger partial charge is 0.394 e. The number of halogens is 5. The first-order valence-corrected chi connectivity index (χ1v) is 9.00. The molecule has 0 saturated heterocycles. The average molecular weight is 432 g/mol. The van der Waals surface area contributed by atoms with Crippen LogP contribution in [0.1, 0.15) is 27.0 Å². The third kappa shape index (κ3) is 4.57. The van der Waals surface area contributed by atoms with E-state index in [1.165, 1.54) is 6.07 Å². The molecule has 0 aliphatic rings. The number of hydrogen-bond donors (Lipinski definition) is 1. The van der Waals surface area contributed by atoms with Crippen LogP contribution in [0.5, 0.6) is 0 Å². The summed E-state index contributed by atoms with van der Waals surface area (Å²) >= 11 is 0.851. The number of nitrogens with zero attached hydrogens (tertiary/aromatic N) is 2. The van der Waals surface area contributed by atoms with Crippen LogP contribution >= 0.6 is 11.5 Å². The number of alkyl halides is 3. The number of carbonyl (C=O) groups is 1. The van der Waals surface area contributed by atoms with E-state index in [-0.39, 0.29) is 40.1 Å². The van der Waals surface area contributed by atoms with Crippen molar-refractivity contribution in [3.63, 3.8) is 0 Å². The van der Waals surface area contributed by atoms with Gasteiger partial charge in [0.2, 0.25) is 0 Å². The zero-order valence-corrected chi connectivity index (χ0v) is 15.4. The monoisotopic (exact) mass is 432 g/mol. The van der Waals surface area contributed by atoms with Gasteiger partial charge in [0.1, 0.15) is 17.9 Å². The fraction of sp³-hybridized carbons (Fsp3) is 0.278. The molecule has 2 aromatic carbocycles. The number of rotatable bonds is 7. The second-order valence-electron chi connectivity index (χ2n) is 6.02. The number of fused-ring (bicyclic) bond motifs is 1. The van der Waals surface area contributed by atoms with Crippen LogP contribution < -0.4 is 0 Å². The molecule has 1 heterocycles. The molecular weight excluding hydrogens is 419 g/mol. The van der Waals surface area contributed by atoms with E-state index in [0.29, 0.717) is 12.1 Å². The Morgan fingerprint density at radius 3 is 2.62 bits per heavy atom. The molecule has 29 heavy (non-hydrogen) atoms. The Bertz CT molecular complexity index is 1050. The molecule has 1 N–H and O–H groups in total. The summed E-state index contributed by atoms with van der Waals surface area (Å²) in [5.74, 6) is -2.71. The zero-order chi connectivity index (χ0) is 21.2. The van der Waals surface area contributed by atoms with Gasteiger partial charge in [-0.2, -0.15) is 13.2 Å². The van der Waals surface area contributed by atoms with Crippen LogP contribution in [0.2, 0.25) is 0 Å². The van der Waals surface area contributed by atoms with Gasteiger partial charge in [-0.15, -0.1) is 5.10 Å². The first-order chi connectivity index (χ1) is 13.7. The SMILES string of the molecule is O=C(COCCO)c1cc2snnc2c(F)c1Cc1ccc(C(F)(F)F)cc1F. The maximum Gasteiger partial charge on any atom is 0.416 e. The van der Waals surface area contributed by atoms with Crippen LogP contribution in [0.15, 0.2) is 24.3 Å². The molecular formula is C18H13F5N2O3S. The molecule has 0 unspecified atom stereocenters. The Morgan fingerprint density at radius 2 is 1.97 bits per heavy atom. The quantitative estimate of drug-likeness (QED) is 0.350. The molecule has 0 atom stereocenters. The molecule has 0 aliphatic carbocycles. The topological polar surface area (TPSA) is 72.3 Å². The van der Waals surface area contributed by atoms with Crippen LogP contribution in [0.25, 0.3) is 10.2 Å². The normalized spacial score (nSPS) is 11.9. The van der Waals surface area contributed by atoms with Crippen molar-refractivity contribution in [2.75, 3.05) is 19.8 Å². The largest absolute Gasteiger partial charge is 0.416 e. The zero-order valence-electron chi connectivity index (χ0n) is 14.6. The van der Waals surface area contributed by atoms with E-state index in [4.69, 9.17) is 9.84 Å². The van der Waals surface area contributed by atoms with Crippen LogP contribution in [-0.2, 0) is 17.3 Å². The second kappa shape index (κ2) is 8.47. The first-order valence-electron chi connectivity index (χ1n) is 8.23. The lowest BCUT2D eigenvalue weighted by atomic mass is 9.95. The molecule has 0 aliphatic heterocycles. The highest BCUT2D eigenvalue weighted by Gasteiger charge is 2.31. The maximum atomic E-state index is 15.0. The molecule has 3 aromatic rings. The Hall–Kier alpha value is -2.50. The minimum Gasteiger partial charge on any atom is -0.394 e. The van der Waals surface area contributed by atoms with E-state index in [1.807, 2.05) is 0 Å². The van der Waals surface area contributed by atoms with Gasteiger partial charge >= 0.3 is 6.18 Å². The van der Waals surface area contributed by atoms with Crippen LogP contribution in [0.3, 0.4) is 0 Å². The van der Waals surface area contributed by atoms with Gasteiger partial charge in [0.05, 0.1) is 23.5 Å². The summed E-state index contributed by atoms with van der Waals surface area (Å²) in [5, 5.41) is 12.4. The van der Waals surface area contributed by atoms with Gasteiger partial charge < -0.3 is 9.84 Å². The average Bonchev–Trinajstić information content (AvgIpc) is 3.13. The van der Waals surface area contributed by atoms with Crippen molar-refractivity contribution in [3.8, 4) is 0 Å². The number of aromatic nitrogens is 2.